The topological polar surface area (TPSA) is 66.5 Å². The van der Waals surface area contributed by atoms with E-state index < -0.39 is 21.8 Å². The van der Waals surface area contributed by atoms with Gasteiger partial charge in [0.2, 0.25) is 15.9 Å². The Balaban J connectivity index is 1.70. The summed E-state index contributed by atoms with van der Waals surface area (Å²) in [5, 5.41) is 3.06. The maximum atomic E-state index is 13.1. The second kappa shape index (κ2) is 8.84. The highest BCUT2D eigenvalue weighted by atomic mass is 32.2. The van der Waals surface area contributed by atoms with E-state index in [2.05, 4.69) is 5.32 Å². The summed E-state index contributed by atoms with van der Waals surface area (Å²) >= 11 is 0. The molecule has 0 aliphatic carbocycles. The molecule has 3 rings (SSSR count). The number of rotatable bonds is 6. The minimum absolute atomic E-state index is 0.0469. The van der Waals surface area contributed by atoms with Crippen LogP contribution in [0.3, 0.4) is 0 Å². The number of hydrogen-bond acceptors (Lipinski definition) is 3. The molecule has 1 saturated heterocycles. The van der Waals surface area contributed by atoms with Crippen molar-refractivity contribution < 1.29 is 17.6 Å². The average molecular weight is 405 g/mol. The van der Waals surface area contributed by atoms with Gasteiger partial charge in [-0.05, 0) is 49.1 Å². The van der Waals surface area contributed by atoms with E-state index in [0.29, 0.717) is 19.4 Å². The zero-order valence-corrected chi connectivity index (χ0v) is 16.7. The van der Waals surface area contributed by atoms with Crippen LogP contribution in [0.25, 0.3) is 0 Å². The van der Waals surface area contributed by atoms with E-state index in [1.165, 1.54) is 16.4 Å². The van der Waals surface area contributed by atoms with Crippen molar-refractivity contribution in [3.05, 3.63) is 66.0 Å². The summed E-state index contributed by atoms with van der Waals surface area (Å²) in [6, 6.07) is 14.4. The van der Waals surface area contributed by atoms with Crippen molar-refractivity contribution in [3.63, 3.8) is 0 Å². The van der Waals surface area contributed by atoms with Crippen molar-refractivity contribution in [2.45, 2.75) is 37.1 Å². The van der Waals surface area contributed by atoms with Gasteiger partial charge in [0.1, 0.15) is 5.82 Å². The molecular formula is C21H25FN2O3S. The van der Waals surface area contributed by atoms with Gasteiger partial charge in [0.15, 0.2) is 0 Å². The van der Waals surface area contributed by atoms with E-state index in [1.54, 1.807) is 0 Å². The predicted molar refractivity (Wildman–Crippen MR) is 105 cm³/mol. The molecule has 7 heteroatoms. The molecule has 0 aromatic heterocycles. The van der Waals surface area contributed by atoms with Crippen LogP contribution in [-0.2, 0) is 14.8 Å². The molecule has 150 valence electrons. The number of nitrogens with zero attached hydrogens (tertiary/aromatic N) is 1. The van der Waals surface area contributed by atoms with Crippen molar-refractivity contribution >= 4 is 15.9 Å². The van der Waals surface area contributed by atoms with Crippen molar-refractivity contribution in [2.75, 3.05) is 13.1 Å². The summed E-state index contributed by atoms with van der Waals surface area (Å²) in [7, 11) is -3.74. The fourth-order valence-corrected chi connectivity index (χ4v) is 5.05. The van der Waals surface area contributed by atoms with Crippen molar-refractivity contribution in [3.8, 4) is 0 Å². The summed E-state index contributed by atoms with van der Waals surface area (Å²) in [4.78, 5) is 12.9. The summed E-state index contributed by atoms with van der Waals surface area (Å²) < 4.78 is 40.1. The maximum absolute atomic E-state index is 13.1. The molecule has 1 aliphatic heterocycles. The molecule has 1 N–H and O–H groups in total. The lowest BCUT2D eigenvalue weighted by molar-refractivity contribution is -0.126. The van der Waals surface area contributed by atoms with Crippen LogP contribution in [0.4, 0.5) is 4.39 Å². The van der Waals surface area contributed by atoms with Gasteiger partial charge in [-0.2, -0.15) is 4.31 Å². The van der Waals surface area contributed by atoms with E-state index in [-0.39, 0.29) is 23.4 Å². The fourth-order valence-electron chi connectivity index (χ4n) is 3.53. The lowest BCUT2D eigenvalue weighted by atomic mass is 9.97. The largest absolute Gasteiger partial charge is 0.349 e. The van der Waals surface area contributed by atoms with E-state index >= 15 is 0 Å². The van der Waals surface area contributed by atoms with Gasteiger partial charge in [-0.1, -0.05) is 37.3 Å². The van der Waals surface area contributed by atoms with Crippen LogP contribution in [0.15, 0.2) is 59.5 Å². The van der Waals surface area contributed by atoms with E-state index in [9.17, 15) is 17.6 Å². The highest BCUT2D eigenvalue weighted by Crippen LogP contribution is 2.25. The molecule has 1 heterocycles. The molecule has 1 aliphatic rings. The number of hydrogen-bond donors (Lipinski definition) is 1. The minimum Gasteiger partial charge on any atom is -0.349 e. The average Bonchev–Trinajstić information content (AvgIpc) is 2.73. The first-order chi connectivity index (χ1) is 13.4. The molecule has 2 aromatic carbocycles. The van der Waals surface area contributed by atoms with Gasteiger partial charge in [0, 0.05) is 13.1 Å². The van der Waals surface area contributed by atoms with Crippen LogP contribution >= 0.6 is 0 Å². The quantitative estimate of drug-likeness (QED) is 0.801. The molecule has 0 saturated carbocycles. The second-order valence-corrected chi connectivity index (χ2v) is 8.97. The number of carbonyl (C=O) groups is 1. The summed E-state index contributed by atoms with van der Waals surface area (Å²) in [5.74, 6) is -1.02. The highest BCUT2D eigenvalue weighted by molar-refractivity contribution is 7.89. The zero-order chi connectivity index (χ0) is 20.1. The third-order valence-corrected chi connectivity index (χ3v) is 7.01. The maximum Gasteiger partial charge on any atom is 0.243 e. The molecule has 2 atom stereocenters. The predicted octanol–water partition coefficient (Wildman–Crippen LogP) is 3.49. The first kappa shape index (κ1) is 20.5. The third kappa shape index (κ3) is 4.59. The Labute approximate surface area is 165 Å². The second-order valence-electron chi connectivity index (χ2n) is 7.04. The number of sulfonamides is 1. The number of carbonyl (C=O) groups excluding carboxylic acids is 1. The first-order valence-electron chi connectivity index (χ1n) is 9.53. The molecule has 1 fully saturated rings. The molecule has 5 nitrogen and oxygen atoms in total. The Morgan fingerprint density at radius 1 is 1.18 bits per heavy atom. The lowest BCUT2D eigenvalue weighted by Gasteiger charge is -2.32. The van der Waals surface area contributed by atoms with Crippen molar-refractivity contribution in [1.82, 2.24) is 9.62 Å². The van der Waals surface area contributed by atoms with Crippen LogP contribution in [0, 0.1) is 11.7 Å². The molecule has 2 aromatic rings. The van der Waals surface area contributed by atoms with Crippen LogP contribution in [0.1, 0.15) is 37.8 Å². The van der Waals surface area contributed by atoms with Crippen LogP contribution in [-0.4, -0.2) is 31.7 Å². The Hall–Kier alpha value is -2.25. The minimum atomic E-state index is -3.74. The number of piperidine rings is 1. The Bertz CT molecular complexity index is 901. The Morgan fingerprint density at radius 2 is 1.86 bits per heavy atom. The van der Waals surface area contributed by atoms with Gasteiger partial charge >= 0.3 is 0 Å². The number of halogens is 1. The zero-order valence-electron chi connectivity index (χ0n) is 15.8. The third-order valence-electron chi connectivity index (χ3n) is 5.13. The molecule has 0 unspecified atom stereocenters. The van der Waals surface area contributed by atoms with Gasteiger partial charge in [-0.3, -0.25) is 4.79 Å². The smallest absolute Gasteiger partial charge is 0.243 e. The molecule has 1 amide bonds. The standard InChI is InChI=1S/C21H25FN2O3S/c1-2-20(16-7-4-3-5-8-16)23-21(25)17-9-6-14-24(15-17)28(26,27)19-12-10-18(22)11-13-19/h3-5,7-8,10-13,17,20H,2,6,9,14-15H2,1H3,(H,23,25)/t17-,20+/m0/s1. The van der Waals surface area contributed by atoms with Crippen molar-refractivity contribution in [2.24, 2.45) is 5.92 Å². The SMILES string of the molecule is CC[C@@H](NC(=O)[C@H]1CCCN(S(=O)(=O)c2ccc(F)cc2)C1)c1ccccc1. The van der Waals surface area contributed by atoms with E-state index in [0.717, 1.165) is 24.1 Å². The van der Waals surface area contributed by atoms with Crippen LogP contribution in [0.5, 0.6) is 0 Å². The van der Waals surface area contributed by atoms with E-state index in [1.807, 2.05) is 37.3 Å². The van der Waals surface area contributed by atoms with Crippen LogP contribution in [0.2, 0.25) is 0 Å². The summed E-state index contributed by atoms with van der Waals surface area (Å²) in [5.41, 5.74) is 1.03. The molecule has 0 bridgehead atoms. The van der Waals surface area contributed by atoms with Gasteiger partial charge in [0.25, 0.3) is 0 Å². The molecular weight excluding hydrogens is 379 g/mol. The molecule has 28 heavy (non-hydrogen) atoms. The number of benzene rings is 2. The van der Waals surface area contributed by atoms with Gasteiger partial charge < -0.3 is 5.32 Å². The van der Waals surface area contributed by atoms with Crippen LogP contribution < -0.4 is 5.32 Å². The normalized spacial score (nSPS) is 19.1. The molecule has 0 spiro atoms. The highest BCUT2D eigenvalue weighted by Gasteiger charge is 2.33. The molecule has 0 radical (unpaired) electrons. The lowest BCUT2D eigenvalue weighted by Crippen LogP contribution is -2.46. The Morgan fingerprint density at radius 3 is 2.50 bits per heavy atom. The number of amides is 1. The summed E-state index contributed by atoms with van der Waals surface area (Å²) in [6.07, 6.45) is 2.01. The summed E-state index contributed by atoms with van der Waals surface area (Å²) in [6.45, 7) is 2.50. The first-order valence-corrected chi connectivity index (χ1v) is 11.0. The number of nitrogens with one attached hydrogen (secondary N) is 1. The van der Waals surface area contributed by atoms with Gasteiger partial charge in [0.05, 0.1) is 16.9 Å². The Kier molecular flexibility index (Phi) is 6.46. The van der Waals surface area contributed by atoms with E-state index in [4.69, 9.17) is 0 Å². The van der Waals surface area contributed by atoms with Crippen molar-refractivity contribution in [1.29, 1.82) is 0 Å². The fraction of sp³-hybridized carbons (Fsp3) is 0.381. The van der Waals surface area contributed by atoms with Gasteiger partial charge in [-0.25, -0.2) is 12.8 Å². The monoisotopic (exact) mass is 404 g/mol. The van der Waals surface area contributed by atoms with Gasteiger partial charge in [-0.15, -0.1) is 0 Å².